The molecule has 0 saturated carbocycles. The van der Waals surface area contributed by atoms with Crippen molar-refractivity contribution < 1.29 is 5.11 Å². The maximum atomic E-state index is 9.33. The van der Waals surface area contributed by atoms with Crippen LogP contribution in [0.2, 0.25) is 0 Å². The van der Waals surface area contributed by atoms with E-state index in [-0.39, 0.29) is 6.61 Å². The lowest BCUT2D eigenvalue weighted by Crippen LogP contribution is -2.31. The Labute approximate surface area is 108 Å². The number of aromatic nitrogens is 3. The van der Waals surface area contributed by atoms with Crippen LogP contribution in [0.3, 0.4) is 0 Å². The Balaban J connectivity index is 1.79. The minimum Gasteiger partial charge on any atom is -0.396 e. The molecule has 1 N–H and O–H groups in total. The van der Waals surface area contributed by atoms with Crippen LogP contribution in [-0.4, -0.2) is 51.5 Å². The molecule has 1 aromatic heterocycles. The van der Waals surface area contributed by atoms with Crippen LogP contribution in [0.4, 0.5) is 0 Å². The molecule has 1 fully saturated rings. The molecule has 5 nitrogen and oxygen atoms in total. The fraction of sp³-hybridized carbons (Fsp3) is 0.846. The second kappa shape index (κ2) is 4.97. The van der Waals surface area contributed by atoms with Crippen LogP contribution in [0.5, 0.6) is 0 Å². The SMILES string of the molecule is CN1CCC(c2nnc3n2CC(CO)CC3)CC1. The first-order valence-corrected chi connectivity index (χ1v) is 6.99. The van der Waals surface area contributed by atoms with Gasteiger partial charge >= 0.3 is 0 Å². The van der Waals surface area contributed by atoms with E-state index >= 15 is 0 Å². The number of hydrogen-bond donors (Lipinski definition) is 1. The van der Waals surface area contributed by atoms with Gasteiger partial charge in [-0.05, 0) is 39.4 Å². The molecule has 100 valence electrons. The van der Waals surface area contributed by atoms with Crippen molar-refractivity contribution in [2.45, 2.75) is 38.1 Å². The highest BCUT2D eigenvalue weighted by molar-refractivity contribution is 5.06. The summed E-state index contributed by atoms with van der Waals surface area (Å²) in [5.41, 5.74) is 0. The molecule has 3 rings (SSSR count). The molecule has 5 heteroatoms. The van der Waals surface area contributed by atoms with Gasteiger partial charge in [-0.25, -0.2) is 0 Å². The first-order chi connectivity index (χ1) is 8.78. The van der Waals surface area contributed by atoms with Crippen molar-refractivity contribution in [2.75, 3.05) is 26.7 Å². The van der Waals surface area contributed by atoms with E-state index in [2.05, 4.69) is 26.7 Å². The highest BCUT2D eigenvalue weighted by Crippen LogP contribution is 2.29. The van der Waals surface area contributed by atoms with Gasteiger partial charge in [-0.3, -0.25) is 0 Å². The molecule has 1 saturated heterocycles. The molecule has 18 heavy (non-hydrogen) atoms. The van der Waals surface area contributed by atoms with Crippen LogP contribution in [0.1, 0.15) is 36.8 Å². The Morgan fingerprint density at radius 2 is 2.00 bits per heavy atom. The van der Waals surface area contributed by atoms with Crippen LogP contribution < -0.4 is 0 Å². The van der Waals surface area contributed by atoms with E-state index in [0.29, 0.717) is 11.8 Å². The molecule has 0 bridgehead atoms. The topological polar surface area (TPSA) is 54.2 Å². The average Bonchev–Trinajstić information content (AvgIpc) is 2.82. The Hall–Kier alpha value is -0.940. The smallest absolute Gasteiger partial charge is 0.136 e. The van der Waals surface area contributed by atoms with Crippen molar-refractivity contribution in [1.82, 2.24) is 19.7 Å². The van der Waals surface area contributed by atoms with Crippen LogP contribution in [0.25, 0.3) is 0 Å². The number of aliphatic hydroxyl groups is 1. The fourth-order valence-electron chi connectivity index (χ4n) is 3.13. The van der Waals surface area contributed by atoms with Gasteiger partial charge in [-0.2, -0.15) is 0 Å². The van der Waals surface area contributed by atoms with Gasteiger partial charge in [0.05, 0.1) is 0 Å². The molecule has 3 heterocycles. The third-order valence-electron chi connectivity index (χ3n) is 4.41. The van der Waals surface area contributed by atoms with Crippen molar-refractivity contribution >= 4 is 0 Å². The number of hydrogen-bond acceptors (Lipinski definition) is 4. The molecule has 2 aliphatic heterocycles. The lowest BCUT2D eigenvalue weighted by atomic mass is 9.94. The summed E-state index contributed by atoms with van der Waals surface area (Å²) in [6, 6.07) is 0. The highest BCUT2D eigenvalue weighted by Gasteiger charge is 2.28. The molecule has 0 spiro atoms. The van der Waals surface area contributed by atoms with E-state index in [1.54, 1.807) is 0 Å². The van der Waals surface area contributed by atoms with Crippen LogP contribution in [0, 0.1) is 5.92 Å². The van der Waals surface area contributed by atoms with Crippen molar-refractivity contribution in [3.63, 3.8) is 0 Å². The quantitative estimate of drug-likeness (QED) is 0.837. The average molecular weight is 250 g/mol. The summed E-state index contributed by atoms with van der Waals surface area (Å²) < 4.78 is 2.28. The van der Waals surface area contributed by atoms with Gasteiger partial charge < -0.3 is 14.6 Å². The maximum Gasteiger partial charge on any atom is 0.136 e. The molecule has 0 radical (unpaired) electrons. The standard InChI is InChI=1S/C13H22N4O/c1-16-6-4-11(5-7-16)13-15-14-12-3-2-10(9-18)8-17(12)13/h10-11,18H,2-9H2,1H3. The summed E-state index contributed by atoms with van der Waals surface area (Å²) in [5, 5.41) is 18.1. The molecule has 0 aliphatic carbocycles. The van der Waals surface area contributed by atoms with E-state index in [9.17, 15) is 5.11 Å². The molecule has 1 aromatic rings. The van der Waals surface area contributed by atoms with Crippen molar-refractivity contribution in [2.24, 2.45) is 5.92 Å². The first-order valence-electron chi connectivity index (χ1n) is 6.99. The minimum absolute atomic E-state index is 0.282. The Morgan fingerprint density at radius 3 is 2.72 bits per heavy atom. The zero-order valence-electron chi connectivity index (χ0n) is 11.0. The largest absolute Gasteiger partial charge is 0.396 e. The predicted molar refractivity (Wildman–Crippen MR) is 68.4 cm³/mol. The third-order valence-corrected chi connectivity index (χ3v) is 4.41. The minimum atomic E-state index is 0.282. The summed E-state index contributed by atoms with van der Waals surface area (Å²) in [4.78, 5) is 2.38. The Kier molecular flexibility index (Phi) is 3.35. The zero-order chi connectivity index (χ0) is 12.5. The molecular formula is C13H22N4O. The van der Waals surface area contributed by atoms with E-state index in [1.165, 1.54) is 12.8 Å². The Morgan fingerprint density at radius 1 is 1.22 bits per heavy atom. The van der Waals surface area contributed by atoms with Crippen molar-refractivity contribution in [3.05, 3.63) is 11.6 Å². The monoisotopic (exact) mass is 250 g/mol. The van der Waals surface area contributed by atoms with Crippen LogP contribution >= 0.6 is 0 Å². The first kappa shape index (κ1) is 12.1. The summed E-state index contributed by atoms with van der Waals surface area (Å²) >= 11 is 0. The lowest BCUT2D eigenvalue weighted by Gasteiger charge is -2.30. The van der Waals surface area contributed by atoms with Gasteiger partial charge in [-0.1, -0.05) is 0 Å². The molecule has 0 amide bonds. The molecule has 0 aromatic carbocycles. The highest BCUT2D eigenvalue weighted by atomic mass is 16.3. The number of rotatable bonds is 2. The van der Waals surface area contributed by atoms with Gasteiger partial charge in [0.25, 0.3) is 0 Å². The van der Waals surface area contributed by atoms with Gasteiger partial charge in [0, 0.05) is 31.4 Å². The number of fused-ring (bicyclic) bond motifs is 1. The van der Waals surface area contributed by atoms with Gasteiger partial charge in [0.1, 0.15) is 11.6 Å². The molecule has 2 aliphatic rings. The molecular weight excluding hydrogens is 228 g/mol. The third kappa shape index (κ3) is 2.17. The summed E-state index contributed by atoms with van der Waals surface area (Å²) in [6.07, 6.45) is 4.36. The van der Waals surface area contributed by atoms with Crippen molar-refractivity contribution in [1.29, 1.82) is 0 Å². The summed E-state index contributed by atoms with van der Waals surface area (Å²) in [7, 11) is 2.18. The maximum absolute atomic E-state index is 9.33. The lowest BCUT2D eigenvalue weighted by molar-refractivity contribution is 0.186. The van der Waals surface area contributed by atoms with Crippen LogP contribution in [-0.2, 0) is 13.0 Å². The van der Waals surface area contributed by atoms with Crippen molar-refractivity contribution in [3.8, 4) is 0 Å². The number of aryl methyl sites for hydroxylation is 1. The number of aliphatic hydroxyl groups excluding tert-OH is 1. The predicted octanol–water partition coefficient (Wildman–Crippen LogP) is 0.642. The van der Waals surface area contributed by atoms with E-state index in [4.69, 9.17) is 0 Å². The normalized spacial score (nSPS) is 26.2. The zero-order valence-corrected chi connectivity index (χ0v) is 11.0. The Bertz CT molecular complexity index is 409. The van der Waals surface area contributed by atoms with Gasteiger partial charge in [0.2, 0.25) is 0 Å². The van der Waals surface area contributed by atoms with Gasteiger partial charge in [0.15, 0.2) is 0 Å². The number of likely N-dealkylation sites (tertiary alicyclic amines) is 1. The molecule has 1 unspecified atom stereocenters. The fourth-order valence-corrected chi connectivity index (χ4v) is 3.13. The number of piperidine rings is 1. The van der Waals surface area contributed by atoms with E-state index in [1.807, 2.05) is 0 Å². The van der Waals surface area contributed by atoms with E-state index < -0.39 is 0 Å². The van der Waals surface area contributed by atoms with Crippen LogP contribution in [0.15, 0.2) is 0 Å². The summed E-state index contributed by atoms with van der Waals surface area (Å²) in [6.45, 7) is 3.48. The molecule has 1 atom stereocenters. The second-order valence-electron chi connectivity index (χ2n) is 5.75. The van der Waals surface area contributed by atoms with Gasteiger partial charge in [-0.15, -0.1) is 10.2 Å². The second-order valence-corrected chi connectivity index (χ2v) is 5.75. The van der Waals surface area contributed by atoms with E-state index in [0.717, 1.165) is 44.1 Å². The number of nitrogens with zero attached hydrogens (tertiary/aromatic N) is 4. The summed E-state index contributed by atoms with van der Waals surface area (Å²) in [5.74, 6) is 3.23.